The number of fused-ring (bicyclic) bond motifs is 1. The van der Waals surface area contributed by atoms with Gasteiger partial charge in [-0.2, -0.15) is 23.4 Å². The van der Waals surface area contributed by atoms with Gasteiger partial charge in [-0.15, -0.1) is 0 Å². The Hall–Kier alpha value is -2.40. The molecule has 1 aliphatic rings. The third-order valence-corrected chi connectivity index (χ3v) is 4.09. The van der Waals surface area contributed by atoms with Gasteiger partial charge in [0.1, 0.15) is 0 Å². The van der Waals surface area contributed by atoms with Crippen molar-refractivity contribution in [1.82, 2.24) is 24.5 Å². The van der Waals surface area contributed by atoms with Crippen molar-refractivity contribution in [1.29, 1.82) is 0 Å². The maximum absolute atomic E-state index is 10.6. The van der Waals surface area contributed by atoms with Gasteiger partial charge in [-0.05, 0) is 0 Å². The van der Waals surface area contributed by atoms with Crippen molar-refractivity contribution in [3.63, 3.8) is 0 Å². The zero-order valence-corrected chi connectivity index (χ0v) is 15.3. The van der Waals surface area contributed by atoms with E-state index in [9.17, 15) is 13.2 Å². The number of aryl methyl sites for hydroxylation is 2. The van der Waals surface area contributed by atoms with Gasteiger partial charge < -0.3 is 9.84 Å². The van der Waals surface area contributed by atoms with Crippen molar-refractivity contribution in [3.05, 3.63) is 34.9 Å². The normalized spacial score (nSPS) is 14.4. The van der Waals surface area contributed by atoms with E-state index in [1.807, 2.05) is 29.7 Å². The molecule has 0 atom stereocenters. The van der Waals surface area contributed by atoms with Crippen LogP contribution >= 0.6 is 0 Å². The van der Waals surface area contributed by atoms with Crippen LogP contribution in [0.3, 0.4) is 0 Å². The van der Waals surface area contributed by atoms with E-state index in [0.717, 1.165) is 31.7 Å². The van der Waals surface area contributed by atoms with Crippen LogP contribution < -0.4 is 0 Å². The highest BCUT2D eigenvalue weighted by atomic mass is 19.4. The van der Waals surface area contributed by atoms with Crippen molar-refractivity contribution in [2.45, 2.75) is 32.3 Å². The summed E-state index contributed by atoms with van der Waals surface area (Å²) in [6, 6.07) is 0. The molecule has 8 nitrogen and oxygen atoms in total. The summed E-state index contributed by atoms with van der Waals surface area (Å²) in [7, 11) is 5.70. The van der Waals surface area contributed by atoms with Gasteiger partial charge in [0.05, 0.1) is 18.5 Å². The molecule has 3 heterocycles. The van der Waals surface area contributed by atoms with Gasteiger partial charge in [-0.1, -0.05) is 0 Å². The fourth-order valence-corrected chi connectivity index (χ4v) is 2.92. The second-order valence-electron chi connectivity index (χ2n) is 6.21. The van der Waals surface area contributed by atoms with E-state index in [2.05, 4.69) is 21.3 Å². The molecule has 0 amide bonds. The average Bonchev–Trinajstić information content (AvgIpc) is 3.11. The first-order valence-electron chi connectivity index (χ1n) is 8.14. The Balaban J connectivity index is 0.000000321. The smallest absolute Gasteiger partial charge is 0.475 e. The summed E-state index contributed by atoms with van der Waals surface area (Å²) < 4.78 is 40.8. The highest BCUT2D eigenvalue weighted by Gasteiger charge is 2.38. The van der Waals surface area contributed by atoms with E-state index >= 15 is 0 Å². The van der Waals surface area contributed by atoms with E-state index in [-0.39, 0.29) is 0 Å². The lowest BCUT2D eigenvalue weighted by Gasteiger charge is -2.27. The fourth-order valence-electron chi connectivity index (χ4n) is 2.92. The van der Waals surface area contributed by atoms with Gasteiger partial charge in [0.25, 0.3) is 0 Å². The summed E-state index contributed by atoms with van der Waals surface area (Å²) in [5.41, 5.74) is 5.01. The largest absolute Gasteiger partial charge is 0.490 e. The molecule has 0 fully saturated rings. The van der Waals surface area contributed by atoms with Crippen molar-refractivity contribution in [2.75, 3.05) is 13.7 Å². The molecule has 0 aromatic carbocycles. The molecule has 1 aliphatic heterocycles. The van der Waals surface area contributed by atoms with E-state index < -0.39 is 12.1 Å². The highest BCUT2D eigenvalue weighted by Crippen LogP contribution is 2.23. The Bertz CT molecular complexity index is 785. The topological polar surface area (TPSA) is 85.4 Å². The molecule has 0 aliphatic carbocycles. The molecule has 0 saturated carbocycles. The van der Waals surface area contributed by atoms with Crippen molar-refractivity contribution < 1.29 is 27.8 Å². The molecule has 0 bridgehead atoms. The quantitative estimate of drug-likeness (QED) is 0.853. The van der Waals surface area contributed by atoms with Crippen LogP contribution in [0.4, 0.5) is 13.2 Å². The molecule has 2 aromatic rings. The highest BCUT2D eigenvalue weighted by molar-refractivity contribution is 5.73. The van der Waals surface area contributed by atoms with Gasteiger partial charge in [0.15, 0.2) is 0 Å². The van der Waals surface area contributed by atoms with Gasteiger partial charge in [-0.25, -0.2) is 4.79 Å². The van der Waals surface area contributed by atoms with Gasteiger partial charge >= 0.3 is 12.1 Å². The van der Waals surface area contributed by atoms with Crippen molar-refractivity contribution >= 4 is 5.97 Å². The maximum Gasteiger partial charge on any atom is 0.490 e. The van der Waals surface area contributed by atoms with Gasteiger partial charge in [0.2, 0.25) is 0 Å². The molecule has 11 heteroatoms. The minimum atomic E-state index is -5.08. The Kier molecular flexibility index (Phi) is 6.60. The average molecular weight is 389 g/mol. The lowest BCUT2D eigenvalue weighted by Crippen LogP contribution is -2.30. The number of nitrogens with zero attached hydrogens (tertiary/aromatic N) is 5. The van der Waals surface area contributed by atoms with Crippen LogP contribution in [0.1, 0.15) is 22.5 Å². The number of carboxylic acid groups (broad SMARTS) is 1. The molecule has 1 N–H and O–H groups in total. The SMILES string of the molecule is COCc1nn(C)c2c1CN(Cc1cnn(C)c1)CC2.O=C(O)C(F)(F)F. The van der Waals surface area contributed by atoms with E-state index in [0.29, 0.717) is 6.61 Å². The van der Waals surface area contributed by atoms with Crippen LogP contribution in [-0.2, 0) is 49.7 Å². The zero-order chi connectivity index (χ0) is 20.2. The Labute approximate surface area is 154 Å². The molecule has 27 heavy (non-hydrogen) atoms. The molecule has 3 rings (SSSR count). The molecule has 0 radical (unpaired) electrons. The predicted molar refractivity (Wildman–Crippen MR) is 88.6 cm³/mol. The Morgan fingerprint density at radius 1 is 1.37 bits per heavy atom. The molecular weight excluding hydrogens is 367 g/mol. The first kappa shape index (κ1) is 20.9. The fraction of sp³-hybridized carbons (Fsp3) is 0.562. The molecule has 0 saturated heterocycles. The molecule has 150 valence electrons. The number of rotatable bonds is 4. The maximum atomic E-state index is 10.6. The minimum absolute atomic E-state index is 0.587. The number of aliphatic carboxylic acids is 1. The van der Waals surface area contributed by atoms with E-state index in [1.54, 1.807) is 7.11 Å². The standard InChI is InChI=1S/C14H21N5O.C2HF3O2/c1-17-7-11(6-15-17)8-19-5-4-14-12(9-19)13(10-20-3)16-18(14)2;3-2(4,5)1(6)7/h6-7H,4-5,8-10H2,1-3H3;(H,6,7). The summed E-state index contributed by atoms with van der Waals surface area (Å²) in [6.45, 7) is 3.53. The number of ether oxygens (including phenoxy) is 1. The van der Waals surface area contributed by atoms with Crippen LogP contribution in [0.25, 0.3) is 0 Å². The molecule has 0 unspecified atom stereocenters. The summed E-state index contributed by atoms with van der Waals surface area (Å²) in [6.07, 6.45) is -0.0214. The lowest BCUT2D eigenvalue weighted by molar-refractivity contribution is -0.192. The summed E-state index contributed by atoms with van der Waals surface area (Å²) >= 11 is 0. The van der Waals surface area contributed by atoms with Crippen LogP contribution in [0.15, 0.2) is 12.4 Å². The van der Waals surface area contributed by atoms with Crippen LogP contribution in [0.2, 0.25) is 0 Å². The number of alkyl halides is 3. The van der Waals surface area contributed by atoms with E-state index in [1.165, 1.54) is 16.8 Å². The number of halogens is 3. The minimum Gasteiger partial charge on any atom is -0.475 e. The molecular formula is C16H22F3N5O3. The third kappa shape index (κ3) is 5.54. The second-order valence-corrected chi connectivity index (χ2v) is 6.21. The monoisotopic (exact) mass is 389 g/mol. The summed E-state index contributed by atoms with van der Waals surface area (Å²) in [4.78, 5) is 11.3. The molecule has 2 aromatic heterocycles. The Morgan fingerprint density at radius 3 is 2.56 bits per heavy atom. The summed E-state index contributed by atoms with van der Waals surface area (Å²) in [5, 5.41) is 15.9. The third-order valence-electron chi connectivity index (χ3n) is 4.09. The number of carbonyl (C=O) groups is 1. The van der Waals surface area contributed by atoms with Crippen LogP contribution in [0.5, 0.6) is 0 Å². The van der Waals surface area contributed by atoms with Gasteiger partial charge in [-0.3, -0.25) is 14.3 Å². The predicted octanol–water partition coefficient (Wildman–Crippen LogP) is 1.49. The Morgan fingerprint density at radius 2 is 2.04 bits per heavy atom. The zero-order valence-electron chi connectivity index (χ0n) is 15.3. The van der Waals surface area contributed by atoms with Gasteiger partial charge in [0, 0.05) is 70.3 Å². The number of methoxy groups -OCH3 is 1. The number of carboxylic acids is 1. The summed E-state index contributed by atoms with van der Waals surface area (Å²) in [5.74, 6) is -2.76. The van der Waals surface area contributed by atoms with Crippen LogP contribution in [-0.4, -0.2) is 55.4 Å². The van der Waals surface area contributed by atoms with Crippen molar-refractivity contribution in [2.24, 2.45) is 14.1 Å². The first-order valence-corrected chi connectivity index (χ1v) is 8.14. The second kappa shape index (κ2) is 8.53. The van der Waals surface area contributed by atoms with Crippen molar-refractivity contribution in [3.8, 4) is 0 Å². The molecule has 0 spiro atoms. The number of hydrogen-bond acceptors (Lipinski definition) is 5. The number of hydrogen-bond donors (Lipinski definition) is 1. The first-order chi connectivity index (χ1) is 12.6. The van der Waals surface area contributed by atoms with E-state index in [4.69, 9.17) is 14.6 Å². The lowest BCUT2D eigenvalue weighted by atomic mass is 10.0. The van der Waals surface area contributed by atoms with Crippen LogP contribution in [0, 0.1) is 0 Å². The number of aromatic nitrogens is 4.